The first-order valence-corrected chi connectivity index (χ1v) is 51.8. The van der Waals surface area contributed by atoms with Gasteiger partial charge in [0.05, 0.1) is 0 Å². The number of rotatable bonds is 90. The molecule has 0 rings (SSSR count). The van der Waals surface area contributed by atoms with Gasteiger partial charge in [-0.25, -0.2) is 0 Å². The van der Waals surface area contributed by atoms with E-state index in [0.29, 0.717) is 19.3 Å². The van der Waals surface area contributed by atoms with Crippen LogP contribution in [0.2, 0.25) is 0 Å². The molecule has 0 aromatic heterocycles. The van der Waals surface area contributed by atoms with Gasteiger partial charge >= 0.3 is 49.0 Å². The van der Waals surface area contributed by atoms with Crippen LogP contribution in [-0.2, 0) is 28.8 Å². The molecule has 0 saturated heterocycles. The summed E-state index contributed by atoms with van der Waals surface area (Å²) in [7, 11) is 0. The van der Waals surface area contributed by atoms with E-state index >= 15 is 0 Å². The van der Waals surface area contributed by atoms with Gasteiger partial charge in [0.2, 0.25) is 0 Å². The van der Waals surface area contributed by atoms with Crippen LogP contribution in [0, 0.1) is 31.1 Å². The van der Waals surface area contributed by atoms with Crippen LogP contribution in [0.1, 0.15) is 581 Å². The fourth-order valence-corrected chi connectivity index (χ4v) is 14.1. The molecule has 0 saturated carbocycles. The van der Waals surface area contributed by atoms with E-state index in [4.69, 9.17) is 15.3 Å². The Morgan fingerprint density at radius 3 is 0.347 bits per heavy atom. The van der Waals surface area contributed by atoms with Crippen molar-refractivity contribution in [1.29, 1.82) is 0 Å². The smallest absolute Gasteiger partial charge is 0.550 e. The number of carbonyl (C=O) groups is 6. The Bertz CT molecular complexity index is 1800. The van der Waals surface area contributed by atoms with Crippen molar-refractivity contribution in [3.8, 4) is 0 Å². The van der Waals surface area contributed by atoms with E-state index in [1.54, 1.807) is 0 Å². The van der Waals surface area contributed by atoms with E-state index in [1.165, 1.54) is 405 Å². The molecule has 0 unspecified atom stereocenters. The third-order valence-electron chi connectivity index (χ3n) is 21.9. The standard InChI is InChI=1S/6C18H34O2.U/c6*1-2-3-4-5-6-7-8-9-10-11-12-13-14-15-16-17-18(19)20;/h6*9-10H,2-8,11-17H2,1H3,(H,19,20);/q;;;;;;+3/p-3/b6*10-9-;. The third kappa shape index (κ3) is 157. The predicted octanol–water partition coefficient (Wildman–Crippen LogP) is 32.6. The fourth-order valence-electron chi connectivity index (χ4n) is 14.1. The van der Waals surface area contributed by atoms with Gasteiger partial charge in [-0.15, -0.1) is 0 Å². The first kappa shape index (κ1) is 130. The molecule has 0 aliphatic carbocycles. The Morgan fingerprint density at radius 1 is 0.157 bits per heavy atom. The van der Waals surface area contributed by atoms with Crippen LogP contribution in [0.15, 0.2) is 72.9 Å². The average molecular weight is 1930 g/mol. The topological polar surface area (TPSA) is 232 Å². The SMILES string of the molecule is CCCCCCCC/C=C\CCCCCCCC(=O)O.CCCCCCCC/C=C\CCCCCCCC(=O)O.CCCCCCCC/C=C\CCCCCCCC(=O)O.CCCCCCCC/C=C\CCCCCCCC(=O)[O-].CCCCCCCC/C=C\CCCCCCCC(=O)[O-].CCCCCCCC/C=C\CCCCCCCC(=O)[O-].[U+3]. The van der Waals surface area contributed by atoms with Gasteiger partial charge in [-0.1, -0.05) is 423 Å². The van der Waals surface area contributed by atoms with Crippen LogP contribution < -0.4 is 15.3 Å². The Hall–Kier alpha value is -3.69. The van der Waals surface area contributed by atoms with E-state index in [1.807, 2.05) is 0 Å². The van der Waals surface area contributed by atoms with Gasteiger partial charge in [-0.05, 0) is 212 Å². The second-order valence-electron chi connectivity index (χ2n) is 34.3. The number of hydrogen-bond donors (Lipinski definition) is 3. The molecule has 12 nitrogen and oxygen atoms in total. The molecule has 1 radical (unpaired) electrons. The van der Waals surface area contributed by atoms with Crippen molar-refractivity contribution in [3.63, 3.8) is 0 Å². The minimum absolute atomic E-state index is 0. The molecular formula is C108H201O12U. The minimum atomic E-state index is -0.914. The van der Waals surface area contributed by atoms with Crippen molar-refractivity contribution in [2.45, 2.75) is 581 Å². The summed E-state index contributed by atoms with van der Waals surface area (Å²) in [5.74, 6) is -4.74. The second kappa shape index (κ2) is 127. The van der Waals surface area contributed by atoms with Gasteiger partial charge in [0.15, 0.2) is 0 Å². The van der Waals surface area contributed by atoms with Crippen LogP contribution in [0.25, 0.3) is 0 Å². The summed E-state index contributed by atoms with van der Waals surface area (Å²) >= 11 is 0. The molecule has 0 heterocycles. The number of hydrogen-bond acceptors (Lipinski definition) is 9. The van der Waals surface area contributed by atoms with Crippen molar-refractivity contribution in [3.05, 3.63) is 72.9 Å². The molecule has 3 N–H and O–H groups in total. The molecule has 0 bridgehead atoms. The van der Waals surface area contributed by atoms with Crippen molar-refractivity contribution in [2.75, 3.05) is 0 Å². The van der Waals surface area contributed by atoms with Crippen LogP contribution in [0.5, 0.6) is 0 Å². The fraction of sp³-hybridized carbons (Fsp3) is 0.833. The monoisotopic (exact) mass is 1930 g/mol. The van der Waals surface area contributed by atoms with E-state index in [0.717, 1.165) is 96.3 Å². The zero-order chi connectivity index (χ0) is 89.3. The molecule has 0 aromatic rings. The number of aliphatic carboxylic acids is 6. The Morgan fingerprint density at radius 2 is 0.248 bits per heavy atom. The zero-order valence-corrected chi connectivity index (χ0v) is 85.0. The van der Waals surface area contributed by atoms with Gasteiger partial charge in [0.25, 0.3) is 0 Å². The summed E-state index contributed by atoms with van der Waals surface area (Å²) < 4.78 is 0. The maximum absolute atomic E-state index is 10.3. The number of carboxylic acids is 6. The predicted molar refractivity (Wildman–Crippen MR) is 515 cm³/mol. The van der Waals surface area contributed by atoms with E-state index in [-0.39, 0.29) is 50.4 Å². The number of allylic oxidation sites excluding steroid dienone is 12. The maximum Gasteiger partial charge on any atom is 3.00 e. The molecule has 121 heavy (non-hydrogen) atoms. The minimum Gasteiger partial charge on any atom is -0.550 e. The van der Waals surface area contributed by atoms with E-state index in [2.05, 4.69) is 114 Å². The van der Waals surface area contributed by atoms with Crippen LogP contribution in [0.3, 0.4) is 0 Å². The molecule has 0 amide bonds. The second-order valence-corrected chi connectivity index (χ2v) is 34.3. The normalized spacial score (nSPS) is 11.2. The van der Waals surface area contributed by atoms with E-state index < -0.39 is 35.8 Å². The van der Waals surface area contributed by atoms with Crippen molar-refractivity contribution >= 4 is 35.8 Å². The number of carboxylic acid groups (broad SMARTS) is 6. The van der Waals surface area contributed by atoms with Crippen molar-refractivity contribution < 1.29 is 90.5 Å². The summed E-state index contributed by atoms with van der Waals surface area (Å²) in [4.78, 5) is 61.6. The first-order chi connectivity index (χ1) is 58.6. The summed E-state index contributed by atoms with van der Waals surface area (Å²) in [6.07, 6.45) is 126. The van der Waals surface area contributed by atoms with Gasteiger partial charge in [-0.2, -0.15) is 0 Å². The summed E-state index contributed by atoms with van der Waals surface area (Å²) in [5.41, 5.74) is 0. The molecule has 0 spiro atoms. The average Bonchev–Trinajstić information content (AvgIpc) is 1.37. The van der Waals surface area contributed by atoms with Gasteiger partial charge in [0.1, 0.15) is 0 Å². The van der Waals surface area contributed by atoms with Crippen LogP contribution in [-0.4, -0.2) is 51.1 Å². The van der Waals surface area contributed by atoms with Crippen molar-refractivity contribution in [1.82, 2.24) is 0 Å². The summed E-state index contributed by atoms with van der Waals surface area (Å²) in [6.45, 7) is 13.5. The quantitative estimate of drug-likeness (QED) is 0.0381. The van der Waals surface area contributed by atoms with Crippen LogP contribution in [0.4, 0.5) is 0 Å². The van der Waals surface area contributed by atoms with E-state index in [9.17, 15) is 44.1 Å². The maximum atomic E-state index is 10.3. The Kier molecular flexibility index (Phi) is 137. The van der Waals surface area contributed by atoms with Gasteiger partial charge < -0.3 is 45.0 Å². The van der Waals surface area contributed by atoms with Gasteiger partial charge in [0, 0.05) is 37.2 Å². The molecule has 0 aliphatic heterocycles. The number of unbranched alkanes of at least 4 members (excludes halogenated alkanes) is 66. The molecule has 0 aliphatic rings. The molecule has 0 aromatic carbocycles. The molecule has 0 atom stereocenters. The molecule has 13 heteroatoms. The Balaban J connectivity index is -0.000000257. The molecular weight excluding hydrogens is 1730 g/mol. The first-order valence-electron chi connectivity index (χ1n) is 51.8. The third-order valence-corrected chi connectivity index (χ3v) is 21.9. The zero-order valence-electron chi connectivity index (χ0n) is 80.8. The van der Waals surface area contributed by atoms with Gasteiger partial charge in [-0.3, -0.25) is 14.4 Å². The number of carbonyl (C=O) groups excluding carboxylic acids is 3. The van der Waals surface area contributed by atoms with Crippen LogP contribution >= 0.6 is 0 Å². The molecule has 0 fully saturated rings. The largest absolute Gasteiger partial charge is 3.00 e. The summed E-state index contributed by atoms with van der Waals surface area (Å²) in [6, 6.07) is 0. The van der Waals surface area contributed by atoms with Crippen molar-refractivity contribution in [2.24, 2.45) is 0 Å². The summed E-state index contributed by atoms with van der Waals surface area (Å²) in [5, 5.41) is 56.2. The molecule has 709 valence electrons. The Labute approximate surface area is 774 Å².